The summed E-state index contributed by atoms with van der Waals surface area (Å²) < 4.78 is 0. The van der Waals surface area contributed by atoms with Crippen LogP contribution < -0.4 is 5.32 Å². The number of benzene rings is 2. The van der Waals surface area contributed by atoms with Gasteiger partial charge in [0.2, 0.25) is 0 Å². The Morgan fingerprint density at radius 3 is 2.43 bits per heavy atom. The number of rotatable bonds is 5. The first kappa shape index (κ1) is 20.2. The zero-order valence-corrected chi connectivity index (χ0v) is 17.1. The van der Waals surface area contributed by atoms with E-state index in [1.165, 1.54) is 12.1 Å². The van der Waals surface area contributed by atoms with Gasteiger partial charge in [-0.2, -0.15) is 0 Å². The number of carbonyl (C=O) groups is 2. The molecule has 146 valence electrons. The van der Waals surface area contributed by atoms with Crippen LogP contribution in [0.5, 0.6) is 5.75 Å². The summed E-state index contributed by atoms with van der Waals surface area (Å²) in [6.45, 7) is 8.82. The van der Waals surface area contributed by atoms with Crippen molar-refractivity contribution in [3.63, 3.8) is 0 Å². The summed E-state index contributed by atoms with van der Waals surface area (Å²) in [5.74, 6) is -0.254. The van der Waals surface area contributed by atoms with Crippen molar-refractivity contribution < 1.29 is 14.7 Å². The third-order valence-corrected chi connectivity index (χ3v) is 5.18. The molecule has 2 aromatic carbocycles. The van der Waals surface area contributed by atoms with Crippen LogP contribution in [0, 0.1) is 5.92 Å². The molecule has 1 aliphatic heterocycles. The van der Waals surface area contributed by atoms with Gasteiger partial charge in [0, 0.05) is 34.6 Å². The molecule has 0 saturated heterocycles. The van der Waals surface area contributed by atoms with Gasteiger partial charge in [0.25, 0.3) is 11.8 Å². The fourth-order valence-corrected chi connectivity index (χ4v) is 3.48. The van der Waals surface area contributed by atoms with Crippen LogP contribution in [0.15, 0.2) is 36.9 Å². The molecule has 0 atom stereocenters. The highest BCUT2D eigenvalue weighted by molar-refractivity contribution is 6.37. The van der Waals surface area contributed by atoms with E-state index in [0.29, 0.717) is 40.5 Å². The topological polar surface area (TPSA) is 69.6 Å². The summed E-state index contributed by atoms with van der Waals surface area (Å²) in [4.78, 5) is 26.9. The van der Waals surface area contributed by atoms with Gasteiger partial charge in [0.15, 0.2) is 5.75 Å². The Labute approximate surface area is 173 Å². The maximum absolute atomic E-state index is 12.6. The first-order valence-corrected chi connectivity index (χ1v) is 9.59. The average molecular weight is 419 g/mol. The largest absolute Gasteiger partial charge is 0.505 e. The lowest BCUT2D eigenvalue weighted by Gasteiger charge is -2.18. The van der Waals surface area contributed by atoms with Crippen LogP contribution >= 0.6 is 23.2 Å². The van der Waals surface area contributed by atoms with Gasteiger partial charge in [0.1, 0.15) is 0 Å². The number of phenols is 1. The van der Waals surface area contributed by atoms with Crippen LogP contribution in [0.25, 0.3) is 5.70 Å². The summed E-state index contributed by atoms with van der Waals surface area (Å²) in [5, 5.41) is 12.4. The Balaban J connectivity index is 1.82. The Hall–Kier alpha value is -2.50. The number of halogens is 2. The fourth-order valence-electron chi connectivity index (χ4n) is 2.99. The van der Waals surface area contributed by atoms with Crippen molar-refractivity contribution in [3.8, 4) is 5.75 Å². The van der Waals surface area contributed by atoms with E-state index in [9.17, 15) is 14.7 Å². The van der Waals surface area contributed by atoms with Crippen molar-refractivity contribution >= 4 is 46.4 Å². The monoisotopic (exact) mass is 418 g/mol. The van der Waals surface area contributed by atoms with Crippen molar-refractivity contribution in [1.82, 2.24) is 4.90 Å². The van der Waals surface area contributed by atoms with E-state index in [0.717, 1.165) is 6.42 Å². The number of amides is 2. The molecule has 2 N–H and O–H groups in total. The molecule has 0 saturated carbocycles. The van der Waals surface area contributed by atoms with Crippen molar-refractivity contribution in [3.05, 3.63) is 63.6 Å². The number of nitrogens with zero attached hydrogens (tertiary/aromatic N) is 1. The minimum atomic E-state index is -0.387. The minimum Gasteiger partial charge on any atom is -0.505 e. The molecular weight excluding hydrogens is 399 g/mol. The zero-order valence-electron chi connectivity index (χ0n) is 15.6. The quantitative estimate of drug-likeness (QED) is 0.636. The first-order chi connectivity index (χ1) is 13.2. The number of nitrogens with one attached hydrogen (secondary N) is 1. The number of hydrogen-bond donors (Lipinski definition) is 2. The standard InChI is InChI=1S/C21H20Cl2N2O3/c1-11(2)6-7-25-12(3)16-8-13(4-5-15(16)21(25)28)20(27)24-14-9-17(22)19(26)18(23)10-14/h4-5,8-11,26H,3,6-7H2,1-2H3,(H,24,27). The van der Waals surface area contributed by atoms with Gasteiger partial charge in [-0.3, -0.25) is 9.59 Å². The van der Waals surface area contributed by atoms with E-state index in [1.807, 2.05) is 0 Å². The molecule has 0 fully saturated rings. The number of fused-ring (bicyclic) bond motifs is 1. The Kier molecular flexibility index (Phi) is 5.68. The van der Waals surface area contributed by atoms with Gasteiger partial charge >= 0.3 is 0 Å². The van der Waals surface area contributed by atoms with Crippen molar-refractivity contribution in [2.75, 3.05) is 11.9 Å². The highest BCUT2D eigenvalue weighted by Gasteiger charge is 2.31. The van der Waals surface area contributed by atoms with Gasteiger partial charge < -0.3 is 15.3 Å². The van der Waals surface area contributed by atoms with Gasteiger partial charge in [-0.05, 0) is 42.7 Å². The molecule has 0 aromatic heterocycles. The molecule has 3 rings (SSSR count). The van der Waals surface area contributed by atoms with Crippen LogP contribution in [-0.2, 0) is 0 Å². The molecule has 0 radical (unpaired) electrons. The molecule has 0 unspecified atom stereocenters. The second-order valence-electron chi connectivity index (χ2n) is 7.09. The number of hydrogen-bond acceptors (Lipinski definition) is 3. The number of anilines is 1. The Morgan fingerprint density at radius 2 is 1.82 bits per heavy atom. The molecule has 2 aromatic rings. The molecular formula is C21H20Cl2N2O3. The van der Waals surface area contributed by atoms with Crippen LogP contribution in [0.4, 0.5) is 5.69 Å². The molecule has 0 spiro atoms. The molecule has 7 heteroatoms. The molecule has 5 nitrogen and oxygen atoms in total. The average Bonchev–Trinajstić information content (AvgIpc) is 2.88. The van der Waals surface area contributed by atoms with Crippen LogP contribution in [0.2, 0.25) is 10.0 Å². The van der Waals surface area contributed by atoms with Crippen molar-refractivity contribution in [1.29, 1.82) is 0 Å². The maximum Gasteiger partial charge on any atom is 0.258 e. The van der Waals surface area contributed by atoms with E-state index in [2.05, 4.69) is 25.7 Å². The van der Waals surface area contributed by atoms with Gasteiger partial charge in [-0.1, -0.05) is 43.6 Å². The first-order valence-electron chi connectivity index (χ1n) is 8.83. The van der Waals surface area contributed by atoms with Gasteiger partial charge in [0.05, 0.1) is 10.0 Å². The summed E-state index contributed by atoms with van der Waals surface area (Å²) in [7, 11) is 0. The lowest BCUT2D eigenvalue weighted by molar-refractivity contribution is 0.0845. The number of phenolic OH excluding ortho intramolecular Hbond substituents is 1. The van der Waals surface area contributed by atoms with Crippen molar-refractivity contribution in [2.24, 2.45) is 5.92 Å². The van der Waals surface area contributed by atoms with Crippen molar-refractivity contribution in [2.45, 2.75) is 20.3 Å². The molecule has 0 aliphatic carbocycles. The minimum absolute atomic E-state index is 0.0384. The van der Waals surface area contributed by atoms with Crippen LogP contribution in [0.3, 0.4) is 0 Å². The number of aromatic hydroxyl groups is 1. The second kappa shape index (κ2) is 7.86. The van der Waals surface area contributed by atoms with E-state index in [4.69, 9.17) is 23.2 Å². The van der Waals surface area contributed by atoms with Gasteiger partial charge in [-0.15, -0.1) is 0 Å². The summed E-state index contributed by atoms with van der Waals surface area (Å²) in [6, 6.07) is 7.71. The van der Waals surface area contributed by atoms with Crippen LogP contribution in [0.1, 0.15) is 46.5 Å². The SMILES string of the molecule is C=C1c2cc(C(=O)Nc3cc(Cl)c(O)c(Cl)c3)ccc2C(=O)N1CCC(C)C. The van der Waals surface area contributed by atoms with Gasteiger partial charge in [-0.25, -0.2) is 0 Å². The van der Waals surface area contributed by atoms with E-state index in [1.54, 1.807) is 23.1 Å². The molecule has 1 heterocycles. The summed E-state index contributed by atoms with van der Waals surface area (Å²) >= 11 is 11.8. The predicted octanol–water partition coefficient (Wildman–Crippen LogP) is 5.42. The highest BCUT2D eigenvalue weighted by Crippen LogP contribution is 2.35. The summed E-state index contributed by atoms with van der Waals surface area (Å²) in [5.41, 5.74) is 2.53. The molecule has 2 amide bonds. The van der Waals surface area contributed by atoms with E-state index in [-0.39, 0.29) is 27.6 Å². The van der Waals surface area contributed by atoms with E-state index >= 15 is 0 Å². The lowest BCUT2D eigenvalue weighted by atomic mass is 10.0. The smallest absolute Gasteiger partial charge is 0.258 e. The molecule has 0 bridgehead atoms. The normalized spacial score (nSPS) is 13.2. The lowest BCUT2D eigenvalue weighted by Crippen LogP contribution is -2.24. The predicted molar refractivity (Wildman–Crippen MR) is 112 cm³/mol. The third-order valence-electron chi connectivity index (χ3n) is 4.60. The Morgan fingerprint density at radius 1 is 1.18 bits per heavy atom. The van der Waals surface area contributed by atoms with E-state index < -0.39 is 0 Å². The Bertz CT molecular complexity index is 963. The molecule has 28 heavy (non-hydrogen) atoms. The highest BCUT2D eigenvalue weighted by atomic mass is 35.5. The molecule has 1 aliphatic rings. The summed E-state index contributed by atoms with van der Waals surface area (Å²) in [6.07, 6.45) is 0.870. The zero-order chi connectivity index (χ0) is 20.6. The third kappa shape index (κ3) is 3.86. The number of carbonyl (C=O) groups excluding carboxylic acids is 2. The fraction of sp³-hybridized carbons (Fsp3) is 0.238. The van der Waals surface area contributed by atoms with Crippen LogP contribution in [-0.4, -0.2) is 28.4 Å². The second-order valence-corrected chi connectivity index (χ2v) is 7.90. The maximum atomic E-state index is 12.6.